The lowest BCUT2D eigenvalue weighted by Crippen LogP contribution is -2.16. The molecule has 2 aromatic carbocycles. The lowest BCUT2D eigenvalue weighted by atomic mass is 10.0. The second-order valence-corrected chi connectivity index (χ2v) is 5.54. The first-order valence-corrected chi connectivity index (χ1v) is 7.83. The fourth-order valence-electron chi connectivity index (χ4n) is 2.32. The Bertz CT molecular complexity index is 662. The van der Waals surface area contributed by atoms with Crippen molar-refractivity contribution < 1.29 is 4.74 Å². The summed E-state index contributed by atoms with van der Waals surface area (Å²) in [5.74, 6) is 1.71. The Kier molecular flexibility index (Phi) is 4.34. The molecule has 0 fully saturated rings. The van der Waals surface area contributed by atoms with Gasteiger partial charge in [-0.1, -0.05) is 30.3 Å². The van der Waals surface area contributed by atoms with Crippen LogP contribution in [-0.2, 0) is 0 Å². The minimum Gasteiger partial charge on any atom is -0.457 e. The summed E-state index contributed by atoms with van der Waals surface area (Å²) in [4.78, 5) is 0. The number of ether oxygens (including phenoxy) is 1. The van der Waals surface area contributed by atoms with Crippen molar-refractivity contribution in [3.8, 4) is 11.5 Å². The Labute approximate surface area is 129 Å². The normalized spacial score (nSPS) is 12.0. The molecule has 0 radical (unpaired) electrons. The average molecular weight is 295 g/mol. The van der Waals surface area contributed by atoms with Crippen molar-refractivity contribution >= 4 is 11.3 Å². The van der Waals surface area contributed by atoms with Crippen LogP contribution in [0.5, 0.6) is 11.5 Å². The van der Waals surface area contributed by atoms with E-state index < -0.39 is 0 Å². The first kappa shape index (κ1) is 13.9. The summed E-state index contributed by atoms with van der Waals surface area (Å²) >= 11 is 1.72. The predicted octanol–water partition coefficient (Wildman–Crippen LogP) is 4.85. The van der Waals surface area contributed by atoms with E-state index in [2.05, 4.69) is 34.3 Å². The average Bonchev–Trinajstić information content (AvgIpc) is 3.05. The van der Waals surface area contributed by atoms with E-state index in [0.29, 0.717) is 0 Å². The van der Waals surface area contributed by atoms with Crippen molar-refractivity contribution in [2.24, 2.45) is 0 Å². The van der Waals surface area contributed by atoms with E-state index in [1.807, 2.05) is 49.5 Å². The van der Waals surface area contributed by atoms with Crippen molar-refractivity contribution in [1.82, 2.24) is 5.32 Å². The van der Waals surface area contributed by atoms with Gasteiger partial charge in [0.25, 0.3) is 0 Å². The third kappa shape index (κ3) is 3.32. The first-order valence-electron chi connectivity index (χ1n) is 6.89. The molecule has 1 aromatic heterocycles. The number of rotatable bonds is 5. The lowest BCUT2D eigenvalue weighted by molar-refractivity contribution is 0.482. The van der Waals surface area contributed by atoms with Gasteiger partial charge in [0, 0.05) is 0 Å². The minimum atomic E-state index is 0.224. The van der Waals surface area contributed by atoms with Gasteiger partial charge in [0.2, 0.25) is 0 Å². The number of para-hydroxylation sites is 1. The molecule has 0 spiro atoms. The molecule has 0 aliphatic carbocycles. The van der Waals surface area contributed by atoms with Gasteiger partial charge < -0.3 is 10.1 Å². The summed E-state index contributed by atoms with van der Waals surface area (Å²) in [7, 11) is 1.98. The summed E-state index contributed by atoms with van der Waals surface area (Å²) in [6.45, 7) is 0. The van der Waals surface area contributed by atoms with Crippen LogP contribution in [-0.4, -0.2) is 7.05 Å². The van der Waals surface area contributed by atoms with Gasteiger partial charge in [0.05, 0.1) is 6.04 Å². The quantitative estimate of drug-likeness (QED) is 0.726. The molecule has 0 saturated heterocycles. The largest absolute Gasteiger partial charge is 0.457 e. The van der Waals surface area contributed by atoms with Gasteiger partial charge in [-0.15, -0.1) is 0 Å². The highest BCUT2D eigenvalue weighted by Crippen LogP contribution is 2.27. The maximum absolute atomic E-state index is 5.82. The maximum atomic E-state index is 5.82. The fraction of sp³-hybridized carbons (Fsp3) is 0.111. The van der Waals surface area contributed by atoms with Gasteiger partial charge in [0.1, 0.15) is 11.5 Å². The van der Waals surface area contributed by atoms with Gasteiger partial charge in [0.15, 0.2) is 0 Å². The molecule has 0 bridgehead atoms. The van der Waals surface area contributed by atoms with E-state index in [1.54, 1.807) is 11.3 Å². The van der Waals surface area contributed by atoms with Crippen LogP contribution in [0.15, 0.2) is 71.4 Å². The predicted molar refractivity (Wildman–Crippen MR) is 88.2 cm³/mol. The van der Waals surface area contributed by atoms with Crippen LogP contribution in [0.4, 0.5) is 0 Å². The summed E-state index contributed by atoms with van der Waals surface area (Å²) in [6, 6.07) is 20.4. The second-order valence-electron chi connectivity index (χ2n) is 4.76. The molecule has 2 nitrogen and oxygen atoms in total. The van der Waals surface area contributed by atoms with Gasteiger partial charge in [-0.3, -0.25) is 0 Å². The molecule has 0 amide bonds. The van der Waals surface area contributed by atoms with Crippen LogP contribution in [0.3, 0.4) is 0 Å². The van der Waals surface area contributed by atoms with E-state index in [0.717, 1.165) is 11.5 Å². The Morgan fingerprint density at radius 2 is 1.57 bits per heavy atom. The van der Waals surface area contributed by atoms with Crippen LogP contribution in [0.2, 0.25) is 0 Å². The SMILES string of the molecule is CNC(c1ccc(Oc2ccccc2)cc1)c1ccsc1. The zero-order valence-corrected chi connectivity index (χ0v) is 12.6. The molecular formula is C18H17NOS. The topological polar surface area (TPSA) is 21.3 Å². The highest BCUT2D eigenvalue weighted by Gasteiger charge is 2.12. The van der Waals surface area contributed by atoms with Gasteiger partial charge in [-0.2, -0.15) is 11.3 Å². The first-order chi connectivity index (χ1) is 10.4. The molecular weight excluding hydrogens is 278 g/mol. The molecule has 1 atom stereocenters. The summed E-state index contributed by atoms with van der Waals surface area (Å²) < 4.78 is 5.82. The van der Waals surface area contributed by atoms with Gasteiger partial charge in [-0.05, 0) is 59.3 Å². The third-order valence-electron chi connectivity index (χ3n) is 3.36. The number of hydrogen-bond acceptors (Lipinski definition) is 3. The van der Waals surface area contributed by atoms with Gasteiger partial charge >= 0.3 is 0 Å². The van der Waals surface area contributed by atoms with Crippen LogP contribution in [0.25, 0.3) is 0 Å². The Balaban J connectivity index is 1.77. The molecule has 1 heterocycles. The van der Waals surface area contributed by atoms with Crippen molar-refractivity contribution in [3.05, 3.63) is 82.6 Å². The molecule has 1 unspecified atom stereocenters. The molecule has 1 N–H and O–H groups in total. The second kappa shape index (κ2) is 6.57. The Morgan fingerprint density at radius 3 is 2.19 bits per heavy atom. The Morgan fingerprint density at radius 1 is 0.857 bits per heavy atom. The van der Waals surface area contributed by atoms with Gasteiger partial charge in [-0.25, -0.2) is 0 Å². The smallest absolute Gasteiger partial charge is 0.127 e. The van der Waals surface area contributed by atoms with Crippen molar-refractivity contribution in [2.45, 2.75) is 6.04 Å². The molecule has 0 aliphatic rings. The van der Waals surface area contributed by atoms with Crippen LogP contribution in [0, 0.1) is 0 Å². The molecule has 106 valence electrons. The van der Waals surface area contributed by atoms with Crippen molar-refractivity contribution in [2.75, 3.05) is 7.05 Å². The Hall–Kier alpha value is -2.10. The highest BCUT2D eigenvalue weighted by molar-refractivity contribution is 7.08. The van der Waals surface area contributed by atoms with Crippen molar-refractivity contribution in [1.29, 1.82) is 0 Å². The van der Waals surface area contributed by atoms with Crippen molar-refractivity contribution in [3.63, 3.8) is 0 Å². The van der Waals surface area contributed by atoms with E-state index in [-0.39, 0.29) is 6.04 Å². The summed E-state index contributed by atoms with van der Waals surface area (Å²) in [5.41, 5.74) is 2.52. The zero-order valence-electron chi connectivity index (χ0n) is 11.8. The lowest BCUT2D eigenvalue weighted by Gasteiger charge is -2.16. The third-order valence-corrected chi connectivity index (χ3v) is 4.06. The summed E-state index contributed by atoms with van der Waals surface area (Å²) in [5, 5.41) is 7.64. The van der Waals surface area contributed by atoms with E-state index in [1.165, 1.54) is 11.1 Å². The molecule has 3 heteroatoms. The van der Waals surface area contributed by atoms with E-state index >= 15 is 0 Å². The van der Waals surface area contributed by atoms with Crippen LogP contribution in [0.1, 0.15) is 17.2 Å². The molecule has 3 aromatic rings. The fourth-order valence-corrected chi connectivity index (χ4v) is 3.00. The van der Waals surface area contributed by atoms with Crippen LogP contribution < -0.4 is 10.1 Å². The van der Waals surface area contributed by atoms with E-state index in [9.17, 15) is 0 Å². The number of nitrogens with one attached hydrogen (secondary N) is 1. The van der Waals surface area contributed by atoms with E-state index in [4.69, 9.17) is 4.74 Å². The molecule has 21 heavy (non-hydrogen) atoms. The molecule has 0 saturated carbocycles. The summed E-state index contributed by atoms with van der Waals surface area (Å²) in [6.07, 6.45) is 0. The van der Waals surface area contributed by atoms with Crippen LogP contribution >= 0.6 is 11.3 Å². The number of hydrogen-bond donors (Lipinski definition) is 1. The zero-order chi connectivity index (χ0) is 14.5. The number of thiophene rings is 1. The monoisotopic (exact) mass is 295 g/mol. The highest BCUT2D eigenvalue weighted by atomic mass is 32.1. The molecule has 0 aliphatic heterocycles. The minimum absolute atomic E-state index is 0.224. The standard InChI is InChI=1S/C18H17NOS/c1-19-18(15-11-12-21-13-15)14-7-9-17(10-8-14)20-16-5-3-2-4-6-16/h2-13,18-19H,1H3. The maximum Gasteiger partial charge on any atom is 0.127 e. The molecule has 3 rings (SSSR count). The number of benzene rings is 2.